The molecule has 1 unspecified atom stereocenters. The number of para-hydroxylation sites is 2. The van der Waals surface area contributed by atoms with E-state index in [2.05, 4.69) is 19.9 Å². The topological polar surface area (TPSA) is 63.1 Å². The van der Waals surface area contributed by atoms with Crippen LogP contribution in [0.3, 0.4) is 0 Å². The fraction of sp³-hybridized carbons (Fsp3) is 0.316. The standard InChI is InChI=1S/C19H21N5O/c25-19(7-10-23-14-22-16-5-1-2-6-17(16)23)24-11-9-21-13-18(24)15-4-3-8-20-12-15/h1-6,8,12,14,18,21H,7,9-11,13H2. The first-order valence-electron chi connectivity index (χ1n) is 8.63. The molecule has 25 heavy (non-hydrogen) atoms. The number of pyridine rings is 1. The Morgan fingerprint density at radius 3 is 3.04 bits per heavy atom. The van der Waals surface area contributed by atoms with Crippen LogP contribution in [-0.4, -0.2) is 45.0 Å². The third kappa shape index (κ3) is 3.25. The zero-order valence-electron chi connectivity index (χ0n) is 14.0. The molecule has 1 atom stereocenters. The summed E-state index contributed by atoms with van der Waals surface area (Å²) in [6.07, 6.45) is 5.89. The van der Waals surface area contributed by atoms with Crippen molar-refractivity contribution in [2.75, 3.05) is 19.6 Å². The lowest BCUT2D eigenvalue weighted by molar-refractivity contribution is -0.134. The zero-order valence-corrected chi connectivity index (χ0v) is 14.0. The van der Waals surface area contributed by atoms with Crippen LogP contribution in [0.4, 0.5) is 0 Å². The lowest BCUT2D eigenvalue weighted by atomic mass is 10.0. The van der Waals surface area contributed by atoms with Gasteiger partial charge in [-0.15, -0.1) is 0 Å². The van der Waals surface area contributed by atoms with Gasteiger partial charge in [0.05, 0.1) is 23.4 Å². The van der Waals surface area contributed by atoms with Crippen LogP contribution in [0.25, 0.3) is 11.0 Å². The number of aryl methyl sites for hydroxylation is 1. The van der Waals surface area contributed by atoms with E-state index >= 15 is 0 Å². The molecule has 0 saturated carbocycles. The molecule has 128 valence electrons. The van der Waals surface area contributed by atoms with Gasteiger partial charge in [0.1, 0.15) is 0 Å². The number of rotatable bonds is 4. The molecule has 1 aliphatic heterocycles. The van der Waals surface area contributed by atoms with Gasteiger partial charge in [-0.25, -0.2) is 4.98 Å². The number of nitrogens with zero attached hydrogens (tertiary/aromatic N) is 4. The molecular weight excluding hydrogens is 314 g/mol. The van der Waals surface area contributed by atoms with E-state index in [1.165, 1.54) is 0 Å². The van der Waals surface area contributed by atoms with Crippen molar-refractivity contribution < 1.29 is 4.79 Å². The van der Waals surface area contributed by atoms with Crippen LogP contribution < -0.4 is 5.32 Å². The molecule has 1 amide bonds. The van der Waals surface area contributed by atoms with Gasteiger partial charge in [-0.05, 0) is 23.8 Å². The summed E-state index contributed by atoms with van der Waals surface area (Å²) < 4.78 is 2.05. The van der Waals surface area contributed by atoms with E-state index in [0.717, 1.165) is 36.2 Å². The number of benzene rings is 1. The summed E-state index contributed by atoms with van der Waals surface area (Å²) in [5.41, 5.74) is 3.11. The number of imidazole rings is 1. The van der Waals surface area contributed by atoms with E-state index in [9.17, 15) is 4.79 Å². The van der Waals surface area contributed by atoms with Gasteiger partial charge in [0.15, 0.2) is 0 Å². The summed E-state index contributed by atoms with van der Waals surface area (Å²) in [4.78, 5) is 23.4. The monoisotopic (exact) mass is 335 g/mol. The summed E-state index contributed by atoms with van der Waals surface area (Å²) in [7, 11) is 0. The summed E-state index contributed by atoms with van der Waals surface area (Å²) in [6, 6.07) is 12.0. The molecular formula is C19H21N5O. The van der Waals surface area contributed by atoms with Gasteiger partial charge in [-0.2, -0.15) is 0 Å². The Bertz CT molecular complexity index is 860. The van der Waals surface area contributed by atoms with Crippen LogP contribution in [-0.2, 0) is 11.3 Å². The molecule has 1 N–H and O–H groups in total. The Morgan fingerprint density at radius 2 is 2.16 bits per heavy atom. The van der Waals surface area contributed by atoms with Gasteiger partial charge in [0.25, 0.3) is 0 Å². The Kier molecular flexibility index (Phi) is 4.43. The maximum Gasteiger partial charge on any atom is 0.224 e. The smallest absolute Gasteiger partial charge is 0.224 e. The highest BCUT2D eigenvalue weighted by Crippen LogP contribution is 2.22. The van der Waals surface area contributed by atoms with Gasteiger partial charge >= 0.3 is 0 Å². The first-order chi connectivity index (χ1) is 12.3. The number of nitrogens with one attached hydrogen (secondary N) is 1. The lowest BCUT2D eigenvalue weighted by Gasteiger charge is -2.36. The van der Waals surface area contributed by atoms with Crippen LogP contribution in [0.1, 0.15) is 18.0 Å². The number of piperazine rings is 1. The van der Waals surface area contributed by atoms with Crippen molar-refractivity contribution >= 4 is 16.9 Å². The minimum atomic E-state index is 0.0504. The fourth-order valence-electron chi connectivity index (χ4n) is 3.42. The summed E-state index contributed by atoms with van der Waals surface area (Å²) >= 11 is 0. The van der Waals surface area contributed by atoms with Gasteiger partial charge in [-0.1, -0.05) is 18.2 Å². The first kappa shape index (κ1) is 15.8. The van der Waals surface area contributed by atoms with Gasteiger partial charge in [-0.3, -0.25) is 9.78 Å². The molecule has 0 bridgehead atoms. The Morgan fingerprint density at radius 1 is 1.24 bits per heavy atom. The molecule has 4 rings (SSSR count). The second-order valence-corrected chi connectivity index (χ2v) is 6.27. The Hall–Kier alpha value is -2.73. The second kappa shape index (κ2) is 7.03. The number of hydrogen-bond acceptors (Lipinski definition) is 4. The lowest BCUT2D eigenvalue weighted by Crippen LogP contribution is -2.48. The van der Waals surface area contributed by atoms with Crippen molar-refractivity contribution in [3.8, 4) is 0 Å². The first-order valence-corrected chi connectivity index (χ1v) is 8.63. The summed E-state index contributed by atoms with van der Waals surface area (Å²) in [5.74, 6) is 0.174. The van der Waals surface area contributed by atoms with Crippen molar-refractivity contribution in [1.82, 2.24) is 24.8 Å². The Balaban J connectivity index is 1.47. The van der Waals surface area contributed by atoms with Crippen LogP contribution in [0.2, 0.25) is 0 Å². The summed E-state index contributed by atoms with van der Waals surface area (Å²) in [5, 5.41) is 3.38. The number of aromatic nitrogens is 3. The highest BCUT2D eigenvalue weighted by molar-refractivity contribution is 5.78. The van der Waals surface area contributed by atoms with E-state index in [1.54, 1.807) is 6.20 Å². The molecule has 6 heteroatoms. The molecule has 1 fully saturated rings. The third-order valence-corrected chi connectivity index (χ3v) is 4.73. The highest BCUT2D eigenvalue weighted by atomic mass is 16.2. The minimum absolute atomic E-state index is 0.0504. The van der Waals surface area contributed by atoms with E-state index in [4.69, 9.17) is 0 Å². The number of carbonyl (C=O) groups excluding carboxylic acids is 1. The predicted molar refractivity (Wildman–Crippen MR) is 95.9 cm³/mol. The van der Waals surface area contributed by atoms with Crippen molar-refractivity contribution in [2.45, 2.75) is 19.0 Å². The number of hydrogen-bond donors (Lipinski definition) is 1. The third-order valence-electron chi connectivity index (χ3n) is 4.73. The largest absolute Gasteiger partial charge is 0.333 e. The Labute approximate surface area is 146 Å². The average Bonchev–Trinajstić information content (AvgIpc) is 3.10. The van der Waals surface area contributed by atoms with Gasteiger partial charge < -0.3 is 14.8 Å². The minimum Gasteiger partial charge on any atom is -0.333 e. The van der Waals surface area contributed by atoms with Crippen molar-refractivity contribution in [3.05, 3.63) is 60.7 Å². The van der Waals surface area contributed by atoms with Gasteiger partial charge in [0.2, 0.25) is 5.91 Å². The fourth-order valence-corrected chi connectivity index (χ4v) is 3.42. The van der Waals surface area contributed by atoms with Crippen LogP contribution in [0.5, 0.6) is 0 Å². The summed E-state index contributed by atoms with van der Waals surface area (Å²) in [6.45, 7) is 2.97. The van der Waals surface area contributed by atoms with E-state index in [1.807, 2.05) is 53.8 Å². The maximum absolute atomic E-state index is 12.9. The predicted octanol–water partition coefficient (Wildman–Crippen LogP) is 1.99. The molecule has 3 heterocycles. The number of fused-ring (bicyclic) bond motifs is 1. The normalized spacial score (nSPS) is 17.8. The molecule has 0 spiro atoms. The SMILES string of the molecule is O=C(CCn1cnc2ccccc21)N1CCNCC1c1cccnc1. The second-order valence-electron chi connectivity index (χ2n) is 6.27. The highest BCUT2D eigenvalue weighted by Gasteiger charge is 2.27. The van der Waals surface area contributed by atoms with Crippen molar-refractivity contribution in [2.24, 2.45) is 0 Å². The van der Waals surface area contributed by atoms with Crippen LogP contribution in [0.15, 0.2) is 55.1 Å². The van der Waals surface area contributed by atoms with E-state index in [0.29, 0.717) is 13.0 Å². The maximum atomic E-state index is 12.9. The molecule has 3 aromatic rings. The number of carbonyl (C=O) groups is 1. The molecule has 0 radical (unpaired) electrons. The quantitative estimate of drug-likeness (QED) is 0.792. The van der Waals surface area contributed by atoms with Gasteiger partial charge in [0, 0.05) is 45.0 Å². The van der Waals surface area contributed by atoms with Crippen molar-refractivity contribution in [3.63, 3.8) is 0 Å². The van der Waals surface area contributed by atoms with E-state index in [-0.39, 0.29) is 11.9 Å². The van der Waals surface area contributed by atoms with Crippen LogP contribution >= 0.6 is 0 Å². The number of amides is 1. The zero-order chi connectivity index (χ0) is 17.1. The molecule has 2 aromatic heterocycles. The average molecular weight is 335 g/mol. The molecule has 1 aromatic carbocycles. The molecule has 1 aliphatic rings. The molecule has 1 saturated heterocycles. The van der Waals surface area contributed by atoms with Crippen molar-refractivity contribution in [1.29, 1.82) is 0 Å². The molecule has 0 aliphatic carbocycles. The molecule has 6 nitrogen and oxygen atoms in total. The van der Waals surface area contributed by atoms with E-state index < -0.39 is 0 Å². The van der Waals surface area contributed by atoms with Crippen LogP contribution in [0, 0.1) is 0 Å².